The third-order valence-electron chi connectivity index (χ3n) is 4.22. The van der Waals surface area contributed by atoms with Crippen molar-refractivity contribution in [1.82, 2.24) is 0 Å². The van der Waals surface area contributed by atoms with E-state index in [9.17, 15) is 4.79 Å². The van der Waals surface area contributed by atoms with Crippen molar-refractivity contribution in [2.45, 2.75) is 6.92 Å². The average Bonchev–Trinajstić information content (AvgIpc) is 3.26. The predicted molar refractivity (Wildman–Crippen MR) is 108 cm³/mol. The number of carbonyl (C=O) groups is 1. The molecular weight excluding hydrogens is 380 g/mol. The number of thioether (sulfide) groups is 1. The minimum Gasteiger partial charge on any atom is -0.493 e. The summed E-state index contributed by atoms with van der Waals surface area (Å²) in [4.78, 5) is 14.7. The van der Waals surface area contributed by atoms with Gasteiger partial charge in [-0.05, 0) is 54.6 Å². The minimum absolute atomic E-state index is 0.132. The zero-order valence-electron chi connectivity index (χ0n) is 15.4. The first-order valence-electron chi connectivity index (χ1n) is 8.63. The van der Waals surface area contributed by atoms with Crippen molar-refractivity contribution < 1.29 is 23.7 Å². The van der Waals surface area contributed by atoms with Crippen LogP contribution in [0.2, 0.25) is 0 Å². The maximum atomic E-state index is 12.9. The number of fused-ring (bicyclic) bond motifs is 1. The Bertz CT molecular complexity index is 989. The van der Waals surface area contributed by atoms with E-state index in [0.717, 1.165) is 17.3 Å². The number of amides is 1. The summed E-state index contributed by atoms with van der Waals surface area (Å²) in [5.74, 6) is 2.17. The van der Waals surface area contributed by atoms with Gasteiger partial charge < -0.3 is 18.9 Å². The molecule has 0 aromatic heterocycles. The van der Waals surface area contributed by atoms with Crippen molar-refractivity contribution in [3.63, 3.8) is 0 Å². The van der Waals surface area contributed by atoms with Crippen molar-refractivity contribution in [3.8, 4) is 23.0 Å². The van der Waals surface area contributed by atoms with Crippen LogP contribution in [0, 0.1) is 5.41 Å². The molecule has 0 saturated carbocycles. The number of hydrogen-bond acceptors (Lipinski definition) is 7. The van der Waals surface area contributed by atoms with Gasteiger partial charge in [0.2, 0.25) is 6.79 Å². The molecule has 0 bridgehead atoms. The summed E-state index contributed by atoms with van der Waals surface area (Å²) >= 11 is 1.11. The van der Waals surface area contributed by atoms with Crippen LogP contribution < -0.4 is 23.8 Å². The summed E-state index contributed by atoms with van der Waals surface area (Å²) in [6, 6.07) is 10.6. The number of carbonyl (C=O) groups excluding carboxylic acids is 1. The Kier molecular flexibility index (Phi) is 4.87. The molecule has 7 nitrogen and oxygen atoms in total. The van der Waals surface area contributed by atoms with E-state index in [2.05, 4.69) is 0 Å². The van der Waals surface area contributed by atoms with Crippen molar-refractivity contribution in [2.75, 3.05) is 25.4 Å². The molecule has 8 heteroatoms. The number of rotatable bonds is 5. The Morgan fingerprint density at radius 1 is 1.18 bits per heavy atom. The van der Waals surface area contributed by atoms with E-state index in [1.807, 2.05) is 13.0 Å². The van der Waals surface area contributed by atoms with Gasteiger partial charge in [0.15, 0.2) is 28.2 Å². The van der Waals surface area contributed by atoms with Gasteiger partial charge in [0.05, 0.1) is 24.3 Å². The summed E-state index contributed by atoms with van der Waals surface area (Å²) in [6.45, 7) is 2.59. The molecule has 0 unspecified atom stereocenters. The lowest BCUT2D eigenvalue weighted by atomic mass is 10.1. The highest BCUT2D eigenvalue weighted by Gasteiger charge is 2.34. The quantitative estimate of drug-likeness (QED) is 0.770. The van der Waals surface area contributed by atoms with Crippen LogP contribution >= 0.6 is 11.8 Å². The zero-order valence-corrected chi connectivity index (χ0v) is 16.2. The van der Waals surface area contributed by atoms with Gasteiger partial charge in [-0.3, -0.25) is 15.1 Å². The van der Waals surface area contributed by atoms with Crippen LogP contribution in [0.15, 0.2) is 41.3 Å². The highest BCUT2D eigenvalue weighted by atomic mass is 32.2. The summed E-state index contributed by atoms with van der Waals surface area (Å²) in [5.41, 5.74) is 1.36. The Morgan fingerprint density at radius 2 is 2.00 bits per heavy atom. The lowest BCUT2D eigenvalue weighted by Crippen LogP contribution is -2.28. The Labute approximate surface area is 166 Å². The molecule has 0 radical (unpaired) electrons. The molecular formula is C20H18N2O5S. The number of benzene rings is 2. The maximum absolute atomic E-state index is 12.9. The molecule has 1 fully saturated rings. The Balaban J connectivity index is 1.62. The molecule has 1 amide bonds. The van der Waals surface area contributed by atoms with Gasteiger partial charge in [0, 0.05) is 6.07 Å². The molecule has 2 aliphatic heterocycles. The molecule has 2 aromatic rings. The van der Waals surface area contributed by atoms with Crippen molar-refractivity contribution in [1.29, 1.82) is 5.41 Å². The van der Waals surface area contributed by atoms with Gasteiger partial charge >= 0.3 is 0 Å². The molecule has 144 valence electrons. The number of hydrogen-bond donors (Lipinski definition) is 1. The van der Waals surface area contributed by atoms with Crippen LogP contribution in [0.1, 0.15) is 12.5 Å². The number of methoxy groups -OCH3 is 1. The number of ether oxygens (including phenoxy) is 4. The molecule has 28 heavy (non-hydrogen) atoms. The number of amidine groups is 1. The van der Waals surface area contributed by atoms with Crippen LogP contribution in [-0.4, -0.2) is 31.6 Å². The summed E-state index contributed by atoms with van der Waals surface area (Å²) in [6.07, 6.45) is 1.74. The number of nitrogens with zero attached hydrogens (tertiary/aromatic N) is 1. The first-order chi connectivity index (χ1) is 13.6. The van der Waals surface area contributed by atoms with Crippen LogP contribution in [0.5, 0.6) is 23.0 Å². The fourth-order valence-corrected chi connectivity index (χ4v) is 3.81. The number of nitrogens with one attached hydrogen (secondary N) is 1. The molecule has 1 saturated heterocycles. The second-order valence-corrected chi connectivity index (χ2v) is 6.97. The molecule has 1 N–H and O–H groups in total. The first kappa shape index (κ1) is 18.2. The van der Waals surface area contributed by atoms with Crippen LogP contribution in [-0.2, 0) is 4.79 Å². The van der Waals surface area contributed by atoms with E-state index in [0.29, 0.717) is 40.2 Å². The van der Waals surface area contributed by atoms with E-state index in [1.165, 1.54) is 4.90 Å². The van der Waals surface area contributed by atoms with E-state index in [1.54, 1.807) is 43.5 Å². The van der Waals surface area contributed by atoms with Crippen LogP contribution in [0.25, 0.3) is 6.08 Å². The van der Waals surface area contributed by atoms with Crippen molar-refractivity contribution in [2.24, 2.45) is 0 Å². The van der Waals surface area contributed by atoms with E-state index >= 15 is 0 Å². The van der Waals surface area contributed by atoms with Gasteiger partial charge in [-0.15, -0.1) is 0 Å². The van der Waals surface area contributed by atoms with Crippen molar-refractivity contribution in [3.05, 3.63) is 46.9 Å². The monoisotopic (exact) mass is 398 g/mol. The van der Waals surface area contributed by atoms with Gasteiger partial charge in [-0.1, -0.05) is 6.07 Å². The lowest BCUT2D eigenvalue weighted by molar-refractivity contribution is -0.113. The average molecular weight is 398 g/mol. The fourth-order valence-electron chi connectivity index (χ4n) is 2.95. The molecule has 0 spiro atoms. The van der Waals surface area contributed by atoms with E-state index < -0.39 is 0 Å². The first-order valence-corrected chi connectivity index (χ1v) is 9.45. The highest BCUT2D eigenvalue weighted by molar-refractivity contribution is 8.19. The highest BCUT2D eigenvalue weighted by Crippen LogP contribution is 2.40. The standard InChI is InChI=1S/C20H18N2O5S/c1-3-25-14-6-4-12(8-16(14)24-2)9-18-19(23)22(20(21)28-18)13-5-7-15-17(10-13)27-11-26-15/h4-10,21H,3,11H2,1-2H3/b18-9-,21-20?. The molecule has 0 aliphatic carbocycles. The third kappa shape index (κ3) is 3.27. The van der Waals surface area contributed by atoms with Crippen LogP contribution in [0.4, 0.5) is 5.69 Å². The van der Waals surface area contributed by atoms with E-state index in [-0.39, 0.29) is 17.9 Å². The SMILES string of the molecule is CCOc1ccc(/C=C2\SC(=N)N(c3ccc4c(c3)OCO4)C2=O)cc1OC. The molecule has 4 rings (SSSR count). The minimum atomic E-state index is -0.262. The van der Waals surface area contributed by atoms with Gasteiger partial charge in [-0.2, -0.15) is 0 Å². The largest absolute Gasteiger partial charge is 0.493 e. The second kappa shape index (κ2) is 7.47. The van der Waals surface area contributed by atoms with E-state index in [4.69, 9.17) is 24.4 Å². The molecule has 2 heterocycles. The third-order valence-corrected chi connectivity index (χ3v) is 5.11. The van der Waals surface area contributed by atoms with Gasteiger partial charge in [0.25, 0.3) is 5.91 Å². The zero-order chi connectivity index (χ0) is 19.7. The smallest absolute Gasteiger partial charge is 0.271 e. The van der Waals surface area contributed by atoms with Crippen molar-refractivity contribution >= 4 is 34.6 Å². The predicted octanol–water partition coefficient (Wildman–Crippen LogP) is 3.88. The topological polar surface area (TPSA) is 81.1 Å². The van der Waals surface area contributed by atoms with Gasteiger partial charge in [0.1, 0.15) is 0 Å². The Hall–Kier alpha value is -3.13. The fraction of sp³-hybridized carbons (Fsp3) is 0.200. The number of anilines is 1. The van der Waals surface area contributed by atoms with Crippen LogP contribution in [0.3, 0.4) is 0 Å². The lowest BCUT2D eigenvalue weighted by Gasteiger charge is -2.14. The molecule has 2 aromatic carbocycles. The molecule has 0 atom stereocenters. The summed E-state index contributed by atoms with van der Waals surface area (Å²) in [7, 11) is 1.57. The normalized spacial score (nSPS) is 16.8. The second-order valence-electron chi connectivity index (χ2n) is 5.94. The Morgan fingerprint density at radius 3 is 2.79 bits per heavy atom. The summed E-state index contributed by atoms with van der Waals surface area (Å²) < 4.78 is 21.6. The summed E-state index contributed by atoms with van der Waals surface area (Å²) in [5, 5.41) is 8.38. The maximum Gasteiger partial charge on any atom is 0.271 e. The van der Waals surface area contributed by atoms with Gasteiger partial charge in [-0.25, -0.2) is 0 Å². The molecule has 2 aliphatic rings.